The van der Waals surface area contributed by atoms with Gasteiger partial charge in [-0.05, 0) is 43.5 Å². The molecule has 3 nitrogen and oxygen atoms in total. The van der Waals surface area contributed by atoms with Crippen LogP contribution in [0.25, 0.3) is 0 Å². The molecule has 0 amide bonds. The number of nitrogens with zero attached hydrogens (tertiary/aromatic N) is 2. The van der Waals surface area contributed by atoms with Crippen LogP contribution >= 0.6 is 0 Å². The van der Waals surface area contributed by atoms with Crippen molar-refractivity contribution in [2.45, 2.75) is 19.8 Å². The Labute approximate surface area is 115 Å². The smallest absolute Gasteiger partial charge is 0.0627 e. The first-order valence-electron chi connectivity index (χ1n) is 7.01. The SMILES string of the molecule is CCNCC(Cc1ccccc1)Cc1ccn(C)n1. The number of rotatable bonds is 7. The fraction of sp³-hybridized carbons (Fsp3) is 0.438. The van der Waals surface area contributed by atoms with E-state index in [9.17, 15) is 0 Å². The van der Waals surface area contributed by atoms with Gasteiger partial charge in [-0.3, -0.25) is 4.68 Å². The van der Waals surface area contributed by atoms with Gasteiger partial charge in [0.2, 0.25) is 0 Å². The summed E-state index contributed by atoms with van der Waals surface area (Å²) in [4.78, 5) is 0. The maximum absolute atomic E-state index is 4.49. The van der Waals surface area contributed by atoms with Crippen molar-refractivity contribution in [3.63, 3.8) is 0 Å². The van der Waals surface area contributed by atoms with Crippen LogP contribution in [0, 0.1) is 5.92 Å². The van der Waals surface area contributed by atoms with Gasteiger partial charge in [0.05, 0.1) is 5.69 Å². The third-order valence-electron chi connectivity index (χ3n) is 3.32. The van der Waals surface area contributed by atoms with E-state index in [4.69, 9.17) is 0 Å². The van der Waals surface area contributed by atoms with E-state index in [0.717, 1.165) is 25.9 Å². The predicted octanol–water partition coefficient (Wildman–Crippen LogP) is 2.43. The summed E-state index contributed by atoms with van der Waals surface area (Å²) in [6.45, 7) is 4.22. The minimum Gasteiger partial charge on any atom is -0.317 e. The molecule has 0 radical (unpaired) electrons. The fourth-order valence-corrected chi connectivity index (χ4v) is 2.38. The molecule has 2 aromatic rings. The summed E-state index contributed by atoms with van der Waals surface area (Å²) in [5, 5.41) is 7.95. The van der Waals surface area contributed by atoms with Gasteiger partial charge in [0.15, 0.2) is 0 Å². The van der Waals surface area contributed by atoms with Crippen LogP contribution in [0.4, 0.5) is 0 Å². The molecule has 0 bridgehead atoms. The minimum atomic E-state index is 0.595. The fourth-order valence-electron chi connectivity index (χ4n) is 2.38. The minimum absolute atomic E-state index is 0.595. The van der Waals surface area contributed by atoms with Gasteiger partial charge in [-0.1, -0.05) is 37.3 Å². The van der Waals surface area contributed by atoms with Gasteiger partial charge in [-0.15, -0.1) is 0 Å². The molecule has 1 N–H and O–H groups in total. The first-order valence-corrected chi connectivity index (χ1v) is 7.01. The zero-order valence-corrected chi connectivity index (χ0v) is 11.8. The standard InChI is InChI=1S/C16H23N3/c1-3-17-13-15(11-14-7-5-4-6-8-14)12-16-9-10-19(2)18-16/h4-10,15,17H,3,11-13H2,1-2H3. The van der Waals surface area contributed by atoms with Gasteiger partial charge in [-0.2, -0.15) is 5.10 Å². The number of aryl methyl sites for hydroxylation is 1. The molecule has 1 aromatic heterocycles. The average molecular weight is 257 g/mol. The van der Waals surface area contributed by atoms with Crippen molar-refractivity contribution in [3.05, 3.63) is 53.9 Å². The lowest BCUT2D eigenvalue weighted by molar-refractivity contribution is 0.471. The van der Waals surface area contributed by atoms with Gasteiger partial charge in [0.1, 0.15) is 0 Å². The van der Waals surface area contributed by atoms with Crippen molar-refractivity contribution < 1.29 is 0 Å². The summed E-state index contributed by atoms with van der Waals surface area (Å²) in [6, 6.07) is 12.8. The number of nitrogens with one attached hydrogen (secondary N) is 1. The topological polar surface area (TPSA) is 29.9 Å². The zero-order valence-electron chi connectivity index (χ0n) is 11.8. The molecule has 0 saturated heterocycles. The van der Waals surface area contributed by atoms with Crippen LogP contribution in [0.5, 0.6) is 0 Å². The lowest BCUT2D eigenvalue weighted by Crippen LogP contribution is -2.25. The molecule has 0 aliphatic carbocycles. The first-order chi connectivity index (χ1) is 9.28. The number of hydrogen-bond acceptors (Lipinski definition) is 2. The van der Waals surface area contributed by atoms with E-state index >= 15 is 0 Å². The molecular weight excluding hydrogens is 234 g/mol. The zero-order chi connectivity index (χ0) is 13.5. The summed E-state index contributed by atoms with van der Waals surface area (Å²) in [5.41, 5.74) is 2.59. The third kappa shape index (κ3) is 4.52. The number of benzene rings is 1. The molecule has 0 aliphatic heterocycles. The molecule has 0 spiro atoms. The molecule has 1 atom stereocenters. The van der Waals surface area contributed by atoms with Gasteiger partial charge in [0, 0.05) is 13.2 Å². The van der Waals surface area contributed by atoms with Gasteiger partial charge in [-0.25, -0.2) is 0 Å². The van der Waals surface area contributed by atoms with E-state index in [-0.39, 0.29) is 0 Å². The molecule has 1 heterocycles. The Morgan fingerprint density at radius 3 is 2.58 bits per heavy atom. The molecule has 1 unspecified atom stereocenters. The highest BCUT2D eigenvalue weighted by molar-refractivity contribution is 5.16. The van der Waals surface area contributed by atoms with E-state index < -0.39 is 0 Å². The van der Waals surface area contributed by atoms with Crippen molar-refractivity contribution in [2.24, 2.45) is 13.0 Å². The van der Waals surface area contributed by atoms with Gasteiger partial charge >= 0.3 is 0 Å². The van der Waals surface area contributed by atoms with Crippen LogP contribution in [-0.2, 0) is 19.9 Å². The molecule has 0 fully saturated rings. The molecule has 102 valence electrons. The Balaban J connectivity index is 1.99. The molecule has 1 aromatic carbocycles. The van der Waals surface area contributed by atoms with Crippen LogP contribution in [0.15, 0.2) is 42.6 Å². The van der Waals surface area contributed by atoms with Crippen LogP contribution in [-0.4, -0.2) is 22.9 Å². The van der Waals surface area contributed by atoms with Crippen LogP contribution < -0.4 is 5.32 Å². The lowest BCUT2D eigenvalue weighted by Gasteiger charge is -2.16. The Bertz CT molecular complexity index is 476. The van der Waals surface area contributed by atoms with E-state index in [0.29, 0.717) is 5.92 Å². The molecule has 0 saturated carbocycles. The van der Waals surface area contributed by atoms with E-state index in [1.807, 2.05) is 17.9 Å². The van der Waals surface area contributed by atoms with Crippen molar-refractivity contribution in [2.75, 3.05) is 13.1 Å². The summed E-state index contributed by atoms with van der Waals surface area (Å²) in [5.74, 6) is 0.595. The number of hydrogen-bond donors (Lipinski definition) is 1. The summed E-state index contributed by atoms with van der Waals surface area (Å²) < 4.78 is 1.88. The first kappa shape index (κ1) is 13.8. The largest absolute Gasteiger partial charge is 0.317 e. The molecule has 19 heavy (non-hydrogen) atoms. The second-order valence-electron chi connectivity index (χ2n) is 5.05. The van der Waals surface area contributed by atoms with E-state index in [1.165, 1.54) is 11.3 Å². The van der Waals surface area contributed by atoms with Crippen molar-refractivity contribution in [3.8, 4) is 0 Å². The molecule has 2 rings (SSSR count). The van der Waals surface area contributed by atoms with Gasteiger partial charge < -0.3 is 5.32 Å². The number of aromatic nitrogens is 2. The second-order valence-corrected chi connectivity index (χ2v) is 5.05. The molecule has 3 heteroatoms. The maximum Gasteiger partial charge on any atom is 0.0627 e. The predicted molar refractivity (Wildman–Crippen MR) is 79.1 cm³/mol. The maximum atomic E-state index is 4.49. The van der Waals surface area contributed by atoms with E-state index in [1.54, 1.807) is 0 Å². The van der Waals surface area contributed by atoms with Crippen molar-refractivity contribution >= 4 is 0 Å². The third-order valence-corrected chi connectivity index (χ3v) is 3.32. The highest BCUT2D eigenvalue weighted by Gasteiger charge is 2.12. The van der Waals surface area contributed by atoms with Gasteiger partial charge in [0.25, 0.3) is 0 Å². The van der Waals surface area contributed by atoms with Crippen LogP contribution in [0.2, 0.25) is 0 Å². The Morgan fingerprint density at radius 2 is 1.95 bits per heavy atom. The second kappa shape index (κ2) is 7.10. The normalized spacial score (nSPS) is 12.5. The Hall–Kier alpha value is -1.61. The summed E-state index contributed by atoms with van der Waals surface area (Å²) >= 11 is 0. The Morgan fingerprint density at radius 1 is 1.16 bits per heavy atom. The van der Waals surface area contributed by atoms with Crippen molar-refractivity contribution in [1.29, 1.82) is 0 Å². The summed E-state index contributed by atoms with van der Waals surface area (Å²) in [6.07, 6.45) is 4.15. The van der Waals surface area contributed by atoms with E-state index in [2.05, 4.69) is 53.7 Å². The monoisotopic (exact) mass is 257 g/mol. The van der Waals surface area contributed by atoms with Crippen LogP contribution in [0.3, 0.4) is 0 Å². The van der Waals surface area contributed by atoms with Crippen LogP contribution in [0.1, 0.15) is 18.2 Å². The average Bonchev–Trinajstić information content (AvgIpc) is 2.82. The Kier molecular flexibility index (Phi) is 5.16. The molecule has 0 aliphatic rings. The highest BCUT2D eigenvalue weighted by Crippen LogP contribution is 2.13. The van der Waals surface area contributed by atoms with Crippen molar-refractivity contribution in [1.82, 2.24) is 15.1 Å². The lowest BCUT2D eigenvalue weighted by atomic mass is 9.94. The summed E-state index contributed by atoms with van der Waals surface area (Å²) in [7, 11) is 1.97. The highest BCUT2D eigenvalue weighted by atomic mass is 15.2. The molecular formula is C16H23N3. The quantitative estimate of drug-likeness (QED) is 0.825.